The molecule has 0 aliphatic heterocycles. The number of hydrogen-bond donors (Lipinski definition) is 2. The number of nitrogens with one attached hydrogen (secondary N) is 2. The van der Waals surface area contributed by atoms with Crippen LogP contribution in [0.15, 0.2) is 24.5 Å². The van der Waals surface area contributed by atoms with Gasteiger partial charge < -0.3 is 15.4 Å². The average Bonchev–Trinajstić information content (AvgIpc) is 2.35. The minimum absolute atomic E-state index is 0.137. The fraction of sp³-hybridized carbons (Fsp3) is 0.600. The van der Waals surface area contributed by atoms with E-state index in [-0.39, 0.29) is 18.2 Å². The number of amides is 1. The van der Waals surface area contributed by atoms with Crippen molar-refractivity contribution in [2.24, 2.45) is 0 Å². The normalized spacial score (nSPS) is 14.4. The molecule has 2 atom stereocenters. The van der Waals surface area contributed by atoms with Gasteiger partial charge in [0.05, 0.1) is 0 Å². The lowest BCUT2D eigenvalue weighted by molar-refractivity contribution is 0.0522. The lowest BCUT2D eigenvalue weighted by Gasteiger charge is -2.23. The van der Waals surface area contributed by atoms with Crippen LogP contribution in [-0.2, 0) is 4.74 Å². The van der Waals surface area contributed by atoms with Crippen LogP contribution in [-0.4, -0.2) is 29.3 Å². The van der Waals surface area contributed by atoms with Gasteiger partial charge in [-0.05, 0) is 46.2 Å². The number of rotatable bonds is 5. The first-order chi connectivity index (χ1) is 9.28. The SMILES string of the molecule is CC(CNC(=O)OC(C)(C)C)N[C@H](C)c1cccnc1. The fourth-order valence-electron chi connectivity index (χ4n) is 1.76. The van der Waals surface area contributed by atoms with Crippen molar-refractivity contribution in [2.75, 3.05) is 6.54 Å². The van der Waals surface area contributed by atoms with Crippen molar-refractivity contribution in [3.8, 4) is 0 Å². The first-order valence-corrected chi connectivity index (χ1v) is 6.91. The zero-order valence-electron chi connectivity index (χ0n) is 12.9. The molecule has 0 aromatic carbocycles. The van der Waals surface area contributed by atoms with Gasteiger partial charge in [-0.3, -0.25) is 4.98 Å². The van der Waals surface area contributed by atoms with Crippen molar-refractivity contribution in [3.63, 3.8) is 0 Å². The number of aromatic nitrogens is 1. The number of carbonyl (C=O) groups is 1. The lowest BCUT2D eigenvalue weighted by Crippen LogP contribution is -2.41. The van der Waals surface area contributed by atoms with E-state index in [1.54, 1.807) is 6.20 Å². The molecule has 0 saturated heterocycles. The number of nitrogens with zero attached hydrogens (tertiary/aromatic N) is 1. The summed E-state index contributed by atoms with van der Waals surface area (Å²) < 4.78 is 5.19. The highest BCUT2D eigenvalue weighted by Crippen LogP contribution is 2.10. The molecule has 2 N–H and O–H groups in total. The van der Waals surface area contributed by atoms with E-state index in [1.165, 1.54) is 0 Å². The van der Waals surface area contributed by atoms with Crippen LogP contribution in [0, 0.1) is 0 Å². The van der Waals surface area contributed by atoms with Gasteiger partial charge in [0.15, 0.2) is 0 Å². The maximum atomic E-state index is 11.5. The third kappa shape index (κ3) is 6.52. The Hall–Kier alpha value is -1.62. The predicted octanol–water partition coefficient (Wildman–Crippen LogP) is 2.65. The van der Waals surface area contributed by atoms with Gasteiger partial charge in [0, 0.05) is 31.0 Å². The zero-order chi connectivity index (χ0) is 15.2. The highest BCUT2D eigenvalue weighted by Gasteiger charge is 2.17. The molecule has 0 aliphatic rings. The van der Waals surface area contributed by atoms with Gasteiger partial charge in [0.25, 0.3) is 0 Å². The summed E-state index contributed by atoms with van der Waals surface area (Å²) in [6.45, 7) is 10.1. The van der Waals surface area contributed by atoms with Gasteiger partial charge in [0.2, 0.25) is 0 Å². The van der Waals surface area contributed by atoms with Crippen molar-refractivity contribution in [1.29, 1.82) is 0 Å². The standard InChI is InChI=1S/C15H25N3O2/c1-11(9-17-14(19)20-15(3,4)5)18-12(2)13-7-6-8-16-10-13/h6-8,10-12,18H,9H2,1-5H3,(H,17,19)/t11?,12-/m1/s1. The Kier molecular flexibility index (Phi) is 5.95. The summed E-state index contributed by atoms with van der Waals surface area (Å²) in [4.78, 5) is 15.6. The van der Waals surface area contributed by atoms with Gasteiger partial charge in [0.1, 0.15) is 5.60 Å². The van der Waals surface area contributed by atoms with Crippen molar-refractivity contribution < 1.29 is 9.53 Å². The van der Waals surface area contributed by atoms with E-state index >= 15 is 0 Å². The predicted molar refractivity (Wildman–Crippen MR) is 79.5 cm³/mol. The molecule has 0 aliphatic carbocycles. The van der Waals surface area contributed by atoms with Gasteiger partial charge >= 0.3 is 6.09 Å². The summed E-state index contributed by atoms with van der Waals surface area (Å²) in [7, 11) is 0. The van der Waals surface area contributed by atoms with Crippen molar-refractivity contribution in [3.05, 3.63) is 30.1 Å². The van der Waals surface area contributed by atoms with Crippen molar-refractivity contribution in [1.82, 2.24) is 15.6 Å². The molecule has 1 unspecified atom stereocenters. The first kappa shape index (κ1) is 16.4. The molecule has 1 aromatic heterocycles. The van der Waals surface area contributed by atoms with E-state index in [0.717, 1.165) is 5.56 Å². The van der Waals surface area contributed by atoms with Gasteiger partial charge in [-0.25, -0.2) is 4.79 Å². The van der Waals surface area contributed by atoms with Gasteiger partial charge in [-0.15, -0.1) is 0 Å². The third-order valence-corrected chi connectivity index (χ3v) is 2.67. The molecule has 5 nitrogen and oxygen atoms in total. The van der Waals surface area contributed by atoms with Crippen LogP contribution in [0.2, 0.25) is 0 Å². The van der Waals surface area contributed by atoms with E-state index in [0.29, 0.717) is 6.54 Å². The zero-order valence-corrected chi connectivity index (χ0v) is 12.9. The molecule has 0 bridgehead atoms. The summed E-state index contributed by atoms with van der Waals surface area (Å²) in [6.07, 6.45) is 3.20. The highest BCUT2D eigenvalue weighted by atomic mass is 16.6. The number of hydrogen-bond acceptors (Lipinski definition) is 4. The van der Waals surface area contributed by atoms with Gasteiger partial charge in [-0.2, -0.15) is 0 Å². The molecule has 0 fully saturated rings. The minimum Gasteiger partial charge on any atom is -0.444 e. The highest BCUT2D eigenvalue weighted by molar-refractivity contribution is 5.67. The van der Waals surface area contributed by atoms with Crippen LogP contribution in [0.1, 0.15) is 46.2 Å². The summed E-state index contributed by atoms with van der Waals surface area (Å²) in [5.41, 5.74) is 0.653. The maximum absolute atomic E-state index is 11.5. The summed E-state index contributed by atoms with van der Waals surface area (Å²) >= 11 is 0. The second-order valence-electron chi connectivity index (χ2n) is 5.96. The Labute approximate surface area is 121 Å². The number of pyridine rings is 1. The van der Waals surface area contributed by atoms with Crippen LogP contribution in [0.25, 0.3) is 0 Å². The fourth-order valence-corrected chi connectivity index (χ4v) is 1.76. The van der Waals surface area contributed by atoms with E-state index in [4.69, 9.17) is 4.74 Å². The smallest absolute Gasteiger partial charge is 0.407 e. The van der Waals surface area contributed by atoms with Crippen molar-refractivity contribution in [2.45, 2.75) is 52.3 Å². The molecule has 5 heteroatoms. The Balaban J connectivity index is 2.33. The monoisotopic (exact) mass is 279 g/mol. The minimum atomic E-state index is -0.469. The van der Waals surface area contributed by atoms with E-state index in [9.17, 15) is 4.79 Å². The molecule has 1 aromatic rings. The number of alkyl carbamates (subject to hydrolysis) is 1. The quantitative estimate of drug-likeness (QED) is 0.869. The Morgan fingerprint density at radius 3 is 2.65 bits per heavy atom. The summed E-state index contributed by atoms with van der Waals surface area (Å²) in [6, 6.07) is 4.26. The van der Waals surface area contributed by atoms with Crippen LogP contribution >= 0.6 is 0 Å². The van der Waals surface area contributed by atoms with E-state index in [1.807, 2.05) is 46.0 Å². The Morgan fingerprint density at radius 1 is 1.40 bits per heavy atom. The number of ether oxygens (including phenoxy) is 1. The lowest BCUT2D eigenvalue weighted by atomic mass is 10.1. The molecule has 1 amide bonds. The summed E-state index contributed by atoms with van der Waals surface area (Å²) in [5.74, 6) is 0. The van der Waals surface area contributed by atoms with Crippen molar-refractivity contribution >= 4 is 6.09 Å². The molecule has 112 valence electrons. The van der Waals surface area contributed by atoms with Crippen LogP contribution in [0.3, 0.4) is 0 Å². The molecule has 1 heterocycles. The number of carbonyl (C=O) groups excluding carboxylic acids is 1. The third-order valence-electron chi connectivity index (χ3n) is 2.67. The van der Waals surface area contributed by atoms with Crippen LogP contribution in [0.5, 0.6) is 0 Å². The molecular weight excluding hydrogens is 254 g/mol. The molecular formula is C15H25N3O2. The Morgan fingerprint density at radius 2 is 2.10 bits per heavy atom. The van der Waals surface area contributed by atoms with Gasteiger partial charge in [-0.1, -0.05) is 6.07 Å². The van der Waals surface area contributed by atoms with E-state index < -0.39 is 5.60 Å². The van der Waals surface area contributed by atoms with Crippen LogP contribution < -0.4 is 10.6 Å². The Bertz CT molecular complexity index is 415. The second kappa shape index (κ2) is 7.24. The van der Waals surface area contributed by atoms with E-state index in [2.05, 4.69) is 22.5 Å². The first-order valence-electron chi connectivity index (χ1n) is 6.91. The molecule has 0 spiro atoms. The maximum Gasteiger partial charge on any atom is 0.407 e. The largest absolute Gasteiger partial charge is 0.444 e. The second-order valence-corrected chi connectivity index (χ2v) is 5.96. The molecule has 1 rings (SSSR count). The molecule has 0 saturated carbocycles. The molecule has 0 radical (unpaired) electrons. The van der Waals surface area contributed by atoms with Crippen LogP contribution in [0.4, 0.5) is 4.79 Å². The topological polar surface area (TPSA) is 63.2 Å². The average molecular weight is 279 g/mol. The molecule has 20 heavy (non-hydrogen) atoms. The summed E-state index contributed by atoms with van der Waals surface area (Å²) in [5, 5.41) is 6.16.